The summed E-state index contributed by atoms with van der Waals surface area (Å²) in [5.74, 6) is 2.18. The first kappa shape index (κ1) is 19.6. The van der Waals surface area contributed by atoms with E-state index in [1.807, 2.05) is 54.6 Å². The van der Waals surface area contributed by atoms with Gasteiger partial charge in [0.05, 0.1) is 6.20 Å². The van der Waals surface area contributed by atoms with Crippen molar-refractivity contribution in [2.75, 3.05) is 19.4 Å². The highest BCUT2D eigenvalue weighted by Gasteiger charge is 2.10. The molecular weight excluding hydrogens is 368 g/mol. The van der Waals surface area contributed by atoms with E-state index in [1.165, 1.54) is 11.1 Å². The number of hydrogen-bond donors (Lipinski definition) is 2. The molecule has 146 valence electrons. The highest BCUT2D eigenvalue weighted by Crippen LogP contribution is 2.24. The molecule has 0 aliphatic heterocycles. The molecule has 8 heteroatoms. The summed E-state index contributed by atoms with van der Waals surface area (Å²) in [7, 11) is 3.42. The molecule has 0 radical (unpaired) electrons. The average Bonchev–Trinajstić information content (AvgIpc) is 2.74. The van der Waals surface area contributed by atoms with Gasteiger partial charge in [-0.15, -0.1) is 0 Å². The molecule has 1 heterocycles. The van der Waals surface area contributed by atoms with E-state index in [0.29, 0.717) is 23.0 Å². The number of amidine groups is 1. The van der Waals surface area contributed by atoms with Crippen LogP contribution in [0.4, 0.5) is 11.5 Å². The quantitative estimate of drug-likeness (QED) is 0.487. The van der Waals surface area contributed by atoms with Crippen molar-refractivity contribution in [3.05, 3.63) is 72.2 Å². The molecule has 0 amide bonds. The molecule has 0 saturated carbocycles. The largest absolute Gasteiger partial charge is 0.457 e. The third-order valence-corrected chi connectivity index (χ3v) is 3.80. The van der Waals surface area contributed by atoms with Gasteiger partial charge in [-0.3, -0.25) is 5.41 Å². The summed E-state index contributed by atoms with van der Waals surface area (Å²) in [6.07, 6.45) is 1.43. The fourth-order valence-corrected chi connectivity index (χ4v) is 2.29. The van der Waals surface area contributed by atoms with Crippen LogP contribution >= 0.6 is 0 Å². The van der Waals surface area contributed by atoms with Crippen LogP contribution in [0.3, 0.4) is 0 Å². The number of nitriles is 1. The summed E-state index contributed by atoms with van der Waals surface area (Å²) < 4.78 is 11.1. The Morgan fingerprint density at radius 3 is 2.45 bits per heavy atom. The first-order valence-corrected chi connectivity index (χ1v) is 8.80. The second-order valence-electron chi connectivity index (χ2n) is 6.21. The summed E-state index contributed by atoms with van der Waals surface area (Å²) in [6.45, 7) is 0.0290. The zero-order valence-electron chi connectivity index (χ0n) is 16.1. The number of aromatic nitrogens is 2. The standard InChI is InChI=1S/C21H20N6O2/c1-27(2)21(23)28-14-19-24-13-15(12-22)20(26-19)25-16-8-10-18(11-9-16)29-17-6-4-3-5-7-17/h3-11,13,23H,14H2,1-2H3,(H,24,25,26). The number of rotatable bonds is 6. The third-order valence-electron chi connectivity index (χ3n) is 3.80. The molecule has 2 N–H and O–H groups in total. The van der Waals surface area contributed by atoms with Crippen LogP contribution in [0.25, 0.3) is 0 Å². The van der Waals surface area contributed by atoms with E-state index in [1.54, 1.807) is 14.1 Å². The smallest absolute Gasteiger partial charge is 0.284 e. The van der Waals surface area contributed by atoms with Gasteiger partial charge in [0, 0.05) is 19.8 Å². The van der Waals surface area contributed by atoms with Gasteiger partial charge >= 0.3 is 0 Å². The minimum absolute atomic E-state index is 0.00136. The molecule has 0 saturated heterocycles. The van der Waals surface area contributed by atoms with Gasteiger partial charge in [-0.2, -0.15) is 5.26 Å². The lowest BCUT2D eigenvalue weighted by Crippen LogP contribution is -2.23. The molecule has 0 bridgehead atoms. The number of para-hydroxylation sites is 1. The van der Waals surface area contributed by atoms with Crippen molar-refractivity contribution in [3.63, 3.8) is 0 Å². The monoisotopic (exact) mass is 388 g/mol. The molecule has 0 unspecified atom stereocenters. The number of nitrogens with one attached hydrogen (secondary N) is 2. The fraction of sp³-hybridized carbons (Fsp3) is 0.143. The van der Waals surface area contributed by atoms with Crippen molar-refractivity contribution in [1.29, 1.82) is 10.7 Å². The predicted octanol–water partition coefficient (Wildman–Crippen LogP) is 3.90. The molecule has 0 fully saturated rings. The van der Waals surface area contributed by atoms with Crippen molar-refractivity contribution in [1.82, 2.24) is 14.9 Å². The van der Waals surface area contributed by atoms with Crippen LogP contribution in [-0.2, 0) is 11.3 Å². The van der Waals surface area contributed by atoms with E-state index < -0.39 is 0 Å². The molecule has 3 aromatic rings. The Hall–Kier alpha value is -4.12. The van der Waals surface area contributed by atoms with Gasteiger partial charge in [0.15, 0.2) is 18.2 Å². The lowest BCUT2D eigenvalue weighted by atomic mass is 10.2. The zero-order chi connectivity index (χ0) is 20.6. The Morgan fingerprint density at radius 1 is 1.10 bits per heavy atom. The molecule has 1 aromatic heterocycles. The van der Waals surface area contributed by atoms with Crippen LogP contribution in [0.1, 0.15) is 11.4 Å². The fourth-order valence-electron chi connectivity index (χ4n) is 2.29. The lowest BCUT2D eigenvalue weighted by molar-refractivity contribution is 0.235. The number of anilines is 2. The molecular formula is C21H20N6O2. The molecule has 0 aliphatic rings. The van der Waals surface area contributed by atoms with Gasteiger partial charge in [0.1, 0.15) is 23.1 Å². The van der Waals surface area contributed by atoms with Gasteiger partial charge in [0.2, 0.25) is 0 Å². The third kappa shape index (κ3) is 5.43. The van der Waals surface area contributed by atoms with E-state index in [4.69, 9.17) is 14.9 Å². The molecule has 0 atom stereocenters. The second kappa shape index (κ2) is 9.19. The Bertz CT molecular complexity index is 1010. The summed E-state index contributed by atoms with van der Waals surface area (Å²) >= 11 is 0. The summed E-state index contributed by atoms with van der Waals surface area (Å²) in [4.78, 5) is 9.98. The Kier molecular flexibility index (Phi) is 6.22. The summed E-state index contributed by atoms with van der Waals surface area (Å²) in [6, 6.07) is 18.9. The Balaban J connectivity index is 1.70. The highest BCUT2D eigenvalue weighted by molar-refractivity contribution is 5.69. The van der Waals surface area contributed by atoms with Crippen LogP contribution in [0.2, 0.25) is 0 Å². The van der Waals surface area contributed by atoms with E-state index in [9.17, 15) is 5.26 Å². The van der Waals surface area contributed by atoms with Crippen LogP contribution in [0.5, 0.6) is 11.5 Å². The highest BCUT2D eigenvalue weighted by atomic mass is 16.5. The number of ether oxygens (including phenoxy) is 2. The first-order valence-electron chi connectivity index (χ1n) is 8.80. The van der Waals surface area contributed by atoms with Crippen LogP contribution in [0, 0.1) is 16.7 Å². The van der Waals surface area contributed by atoms with E-state index in [-0.39, 0.29) is 12.6 Å². The van der Waals surface area contributed by atoms with Crippen molar-refractivity contribution in [3.8, 4) is 17.6 Å². The molecule has 29 heavy (non-hydrogen) atoms. The minimum Gasteiger partial charge on any atom is -0.457 e. The Labute approximate surface area is 168 Å². The maximum Gasteiger partial charge on any atom is 0.284 e. The molecule has 3 rings (SSSR count). The van der Waals surface area contributed by atoms with Gasteiger partial charge in [-0.25, -0.2) is 9.97 Å². The van der Waals surface area contributed by atoms with Gasteiger partial charge in [-0.1, -0.05) is 18.2 Å². The van der Waals surface area contributed by atoms with Crippen molar-refractivity contribution >= 4 is 17.5 Å². The zero-order valence-corrected chi connectivity index (χ0v) is 16.1. The number of hydrogen-bond acceptors (Lipinski definition) is 7. The lowest BCUT2D eigenvalue weighted by Gasteiger charge is -2.14. The van der Waals surface area contributed by atoms with E-state index in [0.717, 1.165) is 11.4 Å². The number of nitrogens with zero attached hydrogens (tertiary/aromatic N) is 4. The molecule has 0 aliphatic carbocycles. The second-order valence-corrected chi connectivity index (χ2v) is 6.21. The SMILES string of the molecule is CN(C)C(=N)OCc1ncc(C#N)c(Nc2ccc(Oc3ccccc3)cc2)n1. The van der Waals surface area contributed by atoms with Gasteiger partial charge < -0.3 is 19.7 Å². The predicted molar refractivity (Wildman–Crippen MR) is 109 cm³/mol. The van der Waals surface area contributed by atoms with Gasteiger partial charge in [-0.05, 0) is 36.4 Å². The molecule has 2 aromatic carbocycles. The van der Waals surface area contributed by atoms with Crippen LogP contribution in [0.15, 0.2) is 60.8 Å². The average molecular weight is 388 g/mol. The van der Waals surface area contributed by atoms with Crippen molar-refractivity contribution in [2.45, 2.75) is 6.61 Å². The van der Waals surface area contributed by atoms with Gasteiger partial charge in [0.25, 0.3) is 6.02 Å². The summed E-state index contributed by atoms with van der Waals surface area (Å²) in [5.41, 5.74) is 1.05. The van der Waals surface area contributed by atoms with Crippen LogP contribution in [-0.4, -0.2) is 35.0 Å². The van der Waals surface area contributed by atoms with Crippen molar-refractivity contribution in [2.24, 2.45) is 0 Å². The van der Waals surface area contributed by atoms with E-state index in [2.05, 4.69) is 21.4 Å². The maximum absolute atomic E-state index is 9.32. The number of benzene rings is 2. The summed E-state index contributed by atoms with van der Waals surface area (Å²) in [5, 5.41) is 20.1. The Morgan fingerprint density at radius 2 is 1.79 bits per heavy atom. The minimum atomic E-state index is 0.00136. The van der Waals surface area contributed by atoms with E-state index >= 15 is 0 Å². The maximum atomic E-state index is 9.32. The van der Waals surface area contributed by atoms with Crippen molar-refractivity contribution < 1.29 is 9.47 Å². The first-order chi connectivity index (χ1) is 14.0. The normalized spacial score (nSPS) is 9.97. The molecule has 8 nitrogen and oxygen atoms in total. The van der Waals surface area contributed by atoms with Crippen LogP contribution < -0.4 is 10.1 Å². The topological polar surface area (TPSA) is 107 Å². The molecule has 0 spiro atoms.